The smallest absolute Gasteiger partial charge is 0.315 e. The molecule has 1 saturated carbocycles. The summed E-state index contributed by atoms with van der Waals surface area (Å²) in [6.45, 7) is 2.04. The molecule has 2 rings (SSSR count). The molecule has 0 spiro atoms. The fourth-order valence-electron chi connectivity index (χ4n) is 2.73. The maximum Gasteiger partial charge on any atom is 0.315 e. The average Bonchev–Trinajstić information content (AvgIpc) is 2.99. The highest BCUT2D eigenvalue weighted by atomic mass is 32.1. The molecule has 1 aliphatic rings. The van der Waals surface area contributed by atoms with E-state index in [0.717, 1.165) is 24.1 Å². The normalized spacial score (nSPS) is 23.3. The molecule has 1 atom stereocenters. The first kappa shape index (κ1) is 15.8. The highest BCUT2D eigenvalue weighted by molar-refractivity contribution is 7.10. The summed E-state index contributed by atoms with van der Waals surface area (Å²) in [7, 11) is 0. The van der Waals surface area contributed by atoms with Crippen molar-refractivity contribution in [3.05, 3.63) is 22.4 Å². The van der Waals surface area contributed by atoms with Gasteiger partial charge in [-0.3, -0.25) is 4.79 Å². The molecule has 6 heteroatoms. The van der Waals surface area contributed by atoms with Gasteiger partial charge in [-0.1, -0.05) is 13.0 Å². The number of carboxylic acids is 1. The maximum atomic E-state index is 12.1. The first-order valence-electron chi connectivity index (χ1n) is 7.43. The Kier molecular flexibility index (Phi) is 5.61. The maximum absolute atomic E-state index is 12.1. The zero-order chi connectivity index (χ0) is 15.2. The van der Waals surface area contributed by atoms with Crippen LogP contribution < -0.4 is 10.6 Å². The van der Waals surface area contributed by atoms with E-state index in [1.54, 1.807) is 11.3 Å². The minimum atomic E-state index is -0.721. The number of carboxylic acid groups (broad SMARTS) is 1. The van der Waals surface area contributed by atoms with Gasteiger partial charge in [0.1, 0.15) is 0 Å². The predicted molar refractivity (Wildman–Crippen MR) is 82.4 cm³/mol. The van der Waals surface area contributed by atoms with Gasteiger partial charge < -0.3 is 15.7 Å². The van der Waals surface area contributed by atoms with Crippen LogP contribution in [0.4, 0.5) is 4.79 Å². The van der Waals surface area contributed by atoms with Crippen molar-refractivity contribution < 1.29 is 14.7 Å². The van der Waals surface area contributed by atoms with E-state index in [1.165, 1.54) is 0 Å². The highest BCUT2D eigenvalue weighted by Gasteiger charge is 2.27. The second-order valence-corrected chi connectivity index (χ2v) is 6.46. The lowest BCUT2D eigenvalue weighted by molar-refractivity contribution is -0.142. The number of carbonyl (C=O) groups is 2. The molecule has 1 fully saturated rings. The molecule has 1 aliphatic carbocycles. The van der Waals surface area contributed by atoms with Crippen molar-refractivity contribution in [3.63, 3.8) is 0 Å². The van der Waals surface area contributed by atoms with Gasteiger partial charge in [0.2, 0.25) is 0 Å². The van der Waals surface area contributed by atoms with Gasteiger partial charge in [0.05, 0.1) is 12.0 Å². The average molecular weight is 310 g/mol. The first-order valence-corrected chi connectivity index (χ1v) is 8.31. The summed E-state index contributed by atoms with van der Waals surface area (Å²) in [4.78, 5) is 24.1. The Labute approximate surface area is 128 Å². The highest BCUT2D eigenvalue weighted by Crippen LogP contribution is 2.25. The molecule has 3 N–H and O–H groups in total. The summed E-state index contributed by atoms with van der Waals surface area (Å²) >= 11 is 1.64. The van der Waals surface area contributed by atoms with Crippen LogP contribution in [0.25, 0.3) is 0 Å². The van der Waals surface area contributed by atoms with Gasteiger partial charge in [-0.05, 0) is 43.6 Å². The number of carbonyl (C=O) groups excluding carboxylic acids is 1. The van der Waals surface area contributed by atoms with E-state index < -0.39 is 5.97 Å². The third-order valence-corrected chi connectivity index (χ3v) is 5.00. The Balaban J connectivity index is 1.78. The molecule has 116 valence electrons. The van der Waals surface area contributed by atoms with E-state index in [1.807, 2.05) is 24.4 Å². The van der Waals surface area contributed by atoms with Gasteiger partial charge in [-0.2, -0.15) is 0 Å². The zero-order valence-electron chi connectivity index (χ0n) is 12.2. The number of urea groups is 1. The Morgan fingerprint density at radius 3 is 2.62 bits per heavy atom. The molecule has 0 aliphatic heterocycles. The number of hydrogen-bond acceptors (Lipinski definition) is 3. The summed E-state index contributed by atoms with van der Waals surface area (Å²) < 4.78 is 0. The predicted octanol–water partition coefficient (Wildman–Crippen LogP) is 3.14. The number of amides is 2. The number of rotatable bonds is 5. The minimum absolute atomic E-state index is 0.0420. The summed E-state index contributed by atoms with van der Waals surface area (Å²) in [6.07, 6.45) is 3.60. The van der Waals surface area contributed by atoms with Crippen LogP contribution >= 0.6 is 11.3 Å². The SMILES string of the molecule is CCC(NC(=O)NC1CCC(C(=O)O)CC1)c1cccs1. The van der Waals surface area contributed by atoms with Crippen molar-refractivity contribution in [2.24, 2.45) is 5.92 Å². The lowest BCUT2D eigenvalue weighted by Gasteiger charge is -2.27. The van der Waals surface area contributed by atoms with Crippen LogP contribution in [0.5, 0.6) is 0 Å². The molecule has 5 nitrogen and oxygen atoms in total. The molecular formula is C15H22N2O3S. The van der Waals surface area contributed by atoms with Crippen LogP contribution in [0.15, 0.2) is 17.5 Å². The second kappa shape index (κ2) is 7.45. The van der Waals surface area contributed by atoms with E-state index in [4.69, 9.17) is 5.11 Å². The van der Waals surface area contributed by atoms with Crippen LogP contribution in [0, 0.1) is 5.92 Å². The lowest BCUT2D eigenvalue weighted by atomic mass is 9.86. The standard InChI is InChI=1S/C15H22N2O3S/c1-2-12(13-4-3-9-21-13)17-15(20)16-11-7-5-10(6-8-11)14(18)19/h3-4,9-12H,2,5-8H2,1H3,(H,18,19)(H2,16,17,20). The Morgan fingerprint density at radius 1 is 1.38 bits per heavy atom. The summed E-state index contributed by atoms with van der Waals surface area (Å²) in [6, 6.07) is 3.97. The first-order chi connectivity index (χ1) is 10.1. The molecule has 0 radical (unpaired) electrons. The van der Waals surface area contributed by atoms with Crippen molar-refractivity contribution >= 4 is 23.3 Å². The number of nitrogens with one attached hydrogen (secondary N) is 2. The third kappa shape index (κ3) is 4.46. The van der Waals surface area contributed by atoms with Crippen molar-refractivity contribution in [1.82, 2.24) is 10.6 Å². The number of aliphatic carboxylic acids is 1. The van der Waals surface area contributed by atoms with Crippen molar-refractivity contribution in [2.75, 3.05) is 0 Å². The molecule has 21 heavy (non-hydrogen) atoms. The van der Waals surface area contributed by atoms with E-state index in [-0.39, 0.29) is 24.0 Å². The van der Waals surface area contributed by atoms with Gasteiger partial charge in [-0.25, -0.2) is 4.79 Å². The van der Waals surface area contributed by atoms with Crippen molar-refractivity contribution in [3.8, 4) is 0 Å². The van der Waals surface area contributed by atoms with Crippen molar-refractivity contribution in [1.29, 1.82) is 0 Å². The molecular weight excluding hydrogens is 288 g/mol. The van der Waals surface area contributed by atoms with Crippen LogP contribution in [0.2, 0.25) is 0 Å². The van der Waals surface area contributed by atoms with E-state index >= 15 is 0 Å². The molecule has 1 heterocycles. The van der Waals surface area contributed by atoms with Crippen LogP contribution in [0.3, 0.4) is 0 Å². The summed E-state index contributed by atoms with van der Waals surface area (Å²) in [5.41, 5.74) is 0. The Hall–Kier alpha value is -1.56. The third-order valence-electron chi connectivity index (χ3n) is 4.01. The van der Waals surface area contributed by atoms with Crippen LogP contribution in [-0.2, 0) is 4.79 Å². The van der Waals surface area contributed by atoms with E-state index in [9.17, 15) is 9.59 Å². The van der Waals surface area contributed by atoms with E-state index in [0.29, 0.717) is 12.8 Å². The number of hydrogen-bond donors (Lipinski definition) is 3. The summed E-state index contributed by atoms with van der Waals surface area (Å²) in [5.74, 6) is -0.970. The molecule has 0 saturated heterocycles. The zero-order valence-corrected chi connectivity index (χ0v) is 13.0. The van der Waals surface area contributed by atoms with Gasteiger partial charge in [0.25, 0.3) is 0 Å². The van der Waals surface area contributed by atoms with Gasteiger partial charge >= 0.3 is 12.0 Å². The number of thiophene rings is 1. The molecule has 1 aromatic heterocycles. The Bertz CT molecular complexity index is 467. The Morgan fingerprint density at radius 2 is 2.10 bits per heavy atom. The molecule has 0 bridgehead atoms. The topological polar surface area (TPSA) is 78.4 Å². The fourth-order valence-corrected chi connectivity index (χ4v) is 3.60. The fraction of sp³-hybridized carbons (Fsp3) is 0.600. The van der Waals surface area contributed by atoms with E-state index in [2.05, 4.69) is 10.6 Å². The largest absolute Gasteiger partial charge is 0.481 e. The lowest BCUT2D eigenvalue weighted by Crippen LogP contribution is -2.45. The minimum Gasteiger partial charge on any atom is -0.481 e. The van der Waals surface area contributed by atoms with Crippen LogP contribution in [-0.4, -0.2) is 23.1 Å². The molecule has 1 aromatic rings. The quantitative estimate of drug-likeness (QED) is 0.781. The molecule has 1 unspecified atom stereocenters. The van der Waals surface area contributed by atoms with Gasteiger partial charge in [-0.15, -0.1) is 11.3 Å². The monoisotopic (exact) mass is 310 g/mol. The van der Waals surface area contributed by atoms with Gasteiger partial charge in [0, 0.05) is 10.9 Å². The van der Waals surface area contributed by atoms with Crippen molar-refractivity contribution in [2.45, 2.75) is 51.1 Å². The molecule has 0 aromatic carbocycles. The summed E-state index contributed by atoms with van der Waals surface area (Å²) in [5, 5.41) is 16.9. The molecule has 2 amide bonds. The second-order valence-electron chi connectivity index (χ2n) is 5.48. The van der Waals surface area contributed by atoms with Gasteiger partial charge in [0.15, 0.2) is 0 Å². The van der Waals surface area contributed by atoms with Crippen LogP contribution in [0.1, 0.15) is 49.9 Å².